The van der Waals surface area contributed by atoms with E-state index in [1.54, 1.807) is 7.05 Å². The highest BCUT2D eigenvalue weighted by atomic mass is 35.5. The molecular formula is C10H17ClN4O4S2. The molecule has 1 aromatic rings. The molecule has 0 bridgehead atoms. The van der Waals surface area contributed by atoms with Crippen molar-refractivity contribution in [1.82, 2.24) is 14.0 Å². The number of rotatable bonds is 7. The summed E-state index contributed by atoms with van der Waals surface area (Å²) in [5.41, 5.74) is 0. The smallest absolute Gasteiger partial charge is 0.242 e. The number of nitrogens with zero attached hydrogens (tertiary/aromatic N) is 2. The third-order valence-corrected chi connectivity index (χ3v) is 6.12. The van der Waals surface area contributed by atoms with Crippen LogP contribution in [0.25, 0.3) is 0 Å². The summed E-state index contributed by atoms with van der Waals surface area (Å²) in [5.74, 6) is 0.0143. The van der Waals surface area contributed by atoms with E-state index in [2.05, 4.69) is 15.0 Å². The van der Waals surface area contributed by atoms with Gasteiger partial charge >= 0.3 is 0 Å². The van der Waals surface area contributed by atoms with Crippen molar-refractivity contribution < 1.29 is 16.8 Å². The number of hydrogen-bond donors (Lipinski definition) is 2. The van der Waals surface area contributed by atoms with Crippen LogP contribution in [0.4, 0.5) is 5.82 Å². The predicted molar refractivity (Wildman–Crippen MR) is 81.5 cm³/mol. The fraction of sp³-hybridized carbons (Fsp3) is 0.500. The van der Waals surface area contributed by atoms with Crippen LogP contribution < -0.4 is 10.0 Å². The van der Waals surface area contributed by atoms with Gasteiger partial charge in [-0.2, -0.15) is 0 Å². The van der Waals surface area contributed by atoms with Crippen LogP contribution in [0.1, 0.15) is 0 Å². The molecule has 120 valence electrons. The highest BCUT2D eigenvalue weighted by molar-refractivity contribution is 7.90. The molecule has 0 atom stereocenters. The van der Waals surface area contributed by atoms with E-state index in [1.807, 2.05) is 0 Å². The minimum atomic E-state index is -3.86. The van der Waals surface area contributed by atoms with E-state index >= 15 is 0 Å². The van der Waals surface area contributed by atoms with Crippen LogP contribution in [-0.4, -0.2) is 59.6 Å². The van der Waals surface area contributed by atoms with Gasteiger partial charge in [0.25, 0.3) is 0 Å². The second kappa shape index (κ2) is 6.88. The average Bonchev–Trinajstić information content (AvgIpc) is 2.37. The fourth-order valence-corrected chi connectivity index (χ4v) is 3.50. The normalized spacial score (nSPS) is 12.6. The van der Waals surface area contributed by atoms with Gasteiger partial charge in [0.2, 0.25) is 20.0 Å². The number of nitrogens with one attached hydrogen (secondary N) is 2. The van der Waals surface area contributed by atoms with E-state index in [0.717, 1.165) is 10.5 Å². The highest BCUT2D eigenvalue weighted by Crippen LogP contribution is 2.21. The summed E-state index contributed by atoms with van der Waals surface area (Å²) in [7, 11) is -2.97. The number of halogens is 1. The second-order valence-electron chi connectivity index (χ2n) is 4.25. The Morgan fingerprint density at radius 2 is 1.90 bits per heavy atom. The van der Waals surface area contributed by atoms with Crippen LogP contribution in [0.2, 0.25) is 5.02 Å². The number of aromatic nitrogens is 1. The molecule has 0 saturated heterocycles. The summed E-state index contributed by atoms with van der Waals surface area (Å²) in [4.78, 5) is 3.73. The van der Waals surface area contributed by atoms with Crippen molar-refractivity contribution in [3.8, 4) is 0 Å². The zero-order chi connectivity index (χ0) is 16.3. The van der Waals surface area contributed by atoms with Gasteiger partial charge in [0.15, 0.2) is 0 Å². The van der Waals surface area contributed by atoms with Gasteiger partial charge in [-0.25, -0.2) is 30.8 Å². The molecule has 11 heteroatoms. The molecule has 0 fully saturated rings. The number of pyridine rings is 1. The lowest BCUT2D eigenvalue weighted by atomic mass is 10.4. The Balaban J connectivity index is 2.81. The summed E-state index contributed by atoms with van der Waals surface area (Å²) in [6.45, 7) is -0.242. The molecular weight excluding hydrogens is 340 g/mol. The molecule has 0 spiro atoms. The van der Waals surface area contributed by atoms with Gasteiger partial charge < -0.3 is 5.32 Å². The zero-order valence-electron chi connectivity index (χ0n) is 11.8. The van der Waals surface area contributed by atoms with Crippen LogP contribution in [0.3, 0.4) is 0 Å². The SMILES string of the molecule is CNc1ncc(S(=O)(=O)NCCS(=O)(=O)N(C)C)cc1Cl. The summed E-state index contributed by atoms with van der Waals surface area (Å²) in [6.07, 6.45) is 1.14. The van der Waals surface area contributed by atoms with Gasteiger partial charge in [-0.15, -0.1) is 0 Å². The first-order chi connectivity index (χ1) is 9.60. The van der Waals surface area contributed by atoms with Crippen LogP contribution >= 0.6 is 11.6 Å². The first-order valence-electron chi connectivity index (χ1n) is 5.83. The monoisotopic (exact) mass is 356 g/mol. The third-order valence-electron chi connectivity index (χ3n) is 2.57. The standard InChI is InChI=1S/C10H17ClN4O4S2/c1-12-10-9(11)6-8(7-13-10)21(18,19)14-4-5-20(16,17)15(2)3/h6-7,14H,4-5H2,1-3H3,(H,12,13). The highest BCUT2D eigenvalue weighted by Gasteiger charge is 2.19. The molecule has 0 radical (unpaired) electrons. The maximum Gasteiger partial charge on any atom is 0.242 e. The van der Waals surface area contributed by atoms with E-state index in [-0.39, 0.29) is 22.2 Å². The topological polar surface area (TPSA) is 108 Å². The number of hydrogen-bond acceptors (Lipinski definition) is 6. The molecule has 2 N–H and O–H groups in total. The van der Waals surface area contributed by atoms with Crippen molar-refractivity contribution in [3.05, 3.63) is 17.3 Å². The van der Waals surface area contributed by atoms with Crippen LogP contribution in [0, 0.1) is 0 Å². The maximum atomic E-state index is 12.0. The molecule has 0 saturated carbocycles. The summed E-state index contributed by atoms with van der Waals surface area (Å²) >= 11 is 5.86. The molecule has 0 unspecified atom stereocenters. The lowest BCUT2D eigenvalue weighted by Gasteiger charge is -2.12. The number of anilines is 1. The molecule has 0 amide bonds. The van der Waals surface area contributed by atoms with E-state index in [9.17, 15) is 16.8 Å². The van der Waals surface area contributed by atoms with Crippen molar-refractivity contribution >= 4 is 37.5 Å². The Hall–Kier alpha value is -0.940. The van der Waals surface area contributed by atoms with E-state index in [0.29, 0.717) is 5.82 Å². The summed E-state index contributed by atoms with van der Waals surface area (Å²) in [5, 5.41) is 2.86. The summed E-state index contributed by atoms with van der Waals surface area (Å²) in [6, 6.07) is 1.24. The fourth-order valence-electron chi connectivity index (χ4n) is 1.32. The van der Waals surface area contributed by atoms with Crippen LogP contribution in [0.15, 0.2) is 17.2 Å². The van der Waals surface area contributed by atoms with Crippen molar-refractivity contribution in [3.63, 3.8) is 0 Å². The molecule has 21 heavy (non-hydrogen) atoms. The second-order valence-corrected chi connectivity index (χ2v) is 8.72. The van der Waals surface area contributed by atoms with Gasteiger partial charge in [0.05, 0.1) is 10.8 Å². The van der Waals surface area contributed by atoms with Crippen LogP contribution in [0.5, 0.6) is 0 Å². The quantitative estimate of drug-likeness (QED) is 0.709. The first-order valence-corrected chi connectivity index (χ1v) is 9.30. The Bertz CT molecular complexity index is 704. The minimum Gasteiger partial charge on any atom is -0.372 e. The lowest BCUT2D eigenvalue weighted by molar-refractivity contribution is 0.519. The molecule has 0 aromatic carbocycles. The molecule has 8 nitrogen and oxygen atoms in total. The Labute approximate surface area is 129 Å². The molecule has 1 aromatic heterocycles. The van der Waals surface area contributed by atoms with E-state index in [4.69, 9.17) is 11.6 Å². The lowest BCUT2D eigenvalue weighted by Crippen LogP contribution is -2.34. The van der Waals surface area contributed by atoms with Gasteiger partial charge in [-0.05, 0) is 6.07 Å². The third kappa shape index (κ3) is 4.78. The van der Waals surface area contributed by atoms with Crippen molar-refractivity contribution in [1.29, 1.82) is 0 Å². The van der Waals surface area contributed by atoms with Gasteiger partial charge in [-0.1, -0.05) is 11.6 Å². The Kier molecular flexibility index (Phi) is 5.93. The van der Waals surface area contributed by atoms with E-state index < -0.39 is 20.0 Å². The molecule has 1 rings (SSSR count). The number of sulfonamides is 2. The Morgan fingerprint density at radius 1 is 1.29 bits per heavy atom. The van der Waals surface area contributed by atoms with Gasteiger partial charge in [-0.3, -0.25) is 0 Å². The average molecular weight is 357 g/mol. The molecule has 1 heterocycles. The minimum absolute atomic E-state index is 0.131. The van der Waals surface area contributed by atoms with E-state index in [1.165, 1.54) is 20.2 Å². The largest absolute Gasteiger partial charge is 0.372 e. The predicted octanol–water partition coefficient (Wildman–Crippen LogP) is -0.0536. The molecule has 0 aliphatic heterocycles. The Morgan fingerprint density at radius 3 is 2.38 bits per heavy atom. The zero-order valence-corrected chi connectivity index (χ0v) is 14.2. The van der Waals surface area contributed by atoms with Crippen molar-refractivity contribution in [2.45, 2.75) is 4.90 Å². The van der Waals surface area contributed by atoms with Crippen molar-refractivity contribution in [2.24, 2.45) is 0 Å². The van der Waals surface area contributed by atoms with Gasteiger partial charge in [0.1, 0.15) is 10.7 Å². The first kappa shape index (κ1) is 18.1. The molecule has 0 aliphatic carbocycles. The molecule has 0 aliphatic rings. The van der Waals surface area contributed by atoms with Crippen molar-refractivity contribution in [2.75, 3.05) is 38.8 Å². The van der Waals surface area contributed by atoms with Crippen LogP contribution in [-0.2, 0) is 20.0 Å². The summed E-state index contributed by atoms with van der Waals surface area (Å²) < 4.78 is 50.3. The van der Waals surface area contributed by atoms with Gasteiger partial charge in [0, 0.05) is 33.9 Å². The maximum absolute atomic E-state index is 12.0.